The summed E-state index contributed by atoms with van der Waals surface area (Å²) in [6.45, 7) is 1.42. The first-order valence-corrected chi connectivity index (χ1v) is 6.81. The molecule has 86 valence electrons. The maximum Gasteiger partial charge on any atom is 0.212 e. The van der Waals surface area contributed by atoms with E-state index in [9.17, 15) is 13.2 Å². The van der Waals surface area contributed by atoms with Crippen LogP contribution < -0.4 is 0 Å². The van der Waals surface area contributed by atoms with Crippen molar-refractivity contribution in [2.75, 3.05) is 6.26 Å². The van der Waals surface area contributed by atoms with Gasteiger partial charge in [0, 0.05) is 0 Å². The SMILES string of the molecule is CC(=O)[C@@H]1[C@@H](c2ccccc2)N1S(C)(=O)=O. The van der Waals surface area contributed by atoms with Crippen LogP contribution in [0.15, 0.2) is 30.3 Å². The van der Waals surface area contributed by atoms with E-state index in [2.05, 4.69) is 0 Å². The van der Waals surface area contributed by atoms with Crippen LogP contribution in [-0.4, -0.2) is 30.8 Å². The quantitative estimate of drug-likeness (QED) is 0.738. The molecular formula is C11H13NO3S. The zero-order chi connectivity index (χ0) is 11.9. The van der Waals surface area contributed by atoms with Crippen LogP contribution in [0.4, 0.5) is 0 Å². The van der Waals surface area contributed by atoms with Gasteiger partial charge in [-0.3, -0.25) is 4.79 Å². The van der Waals surface area contributed by atoms with Gasteiger partial charge >= 0.3 is 0 Å². The molecule has 2 rings (SSSR count). The molecule has 16 heavy (non-hydrogen) atoms. The van der Waals surface area contributed by atoms with Gasteiger partial charge in [-0.25, -0.2) is 8.42 Å². The number of ketones is 1. The Bertz CT molecular complexity index is 509. The fourth-order valence-corrected chi connectivity index (χ4v) is 3.28. The van der Waals surface area contributed by atoms with Crippen LogP contribution in [0.5, 0.6) is 0 Å². The van der Waals surface area contributed by atoms with Gasteiger partial charge in [-0.05, 0) is 12.5 Å². The monoisotopic (exact) mass is 239 g/mol. The highest BCUT2D eigenvalue weighted by atomic mass is 32.2. The molecule has 1 aliphatic heterocycles. The number of benzene rings is 1. The number of hydrogen-bond donors (Lipinski definition) is 0. The van der Waals surface area contributed by atoms with Crippen molar-refractivity contribution in [2.45, 2.75) is 19.0 Å². The first kappa shape index (κ1) is 11.3. The Morgan fingerprint density at radius 3 is 2.19 bits per heavy atom. The maximum absolute atomic E-state index is 11.5. The van der Waals surface area contributed by atoms with Crippen molar-refractivity contribution in [2.24, 2.45) is 0 Å². The molecule has 1 fully saturated rings. The molecule has 0 amide bonds. The minimum absolute atomic E-state index is 0.112. The zero-order valence-corrected chi connectivity index (χ0v) is 9.94. The van der Waals surface area contributed by atoms with Gasteiger partial charge in [0.05, 0.1) is 12.3 Å². The Morgan fingerprint density at radius 2 is 1.81 bits per heavy atom. The molecule has 0 bridgehead atoms. The van der Waals surface area contributed by atoms with E-state index < -0.39 is 16.1 Å². The Labute approximate surface area is 94.9 Å². The number of carbonyl (C=O) groups excluding carboxylic acids is 1. The molecule has 0 aromatic heterocycles. The van der Waals surface area contributed by atoms with Gasteiger partial charge in [-0.2, -0.15) is 4.31 Å². The van der Waals surface area contributed by atoms with Crippen LogP contribution in [-0.2, 0) is 14.8 Å². The summed E-state index contributed by atoms with van der Waals surface area (Å²) in [7, 11) is -3.31. The third-order valence-electron chi connectivity index (χ3n) is 2.70. The summed E-state index contributed by atoms with van der Waals surface area (Å²) in [4.78, 5) is 11.3. The van der Waals surface area contributed by atoms with Crippen LogP contribution in [0.25, 0.3) is 0 Å². The minimum Gasteiger partial charge on any atom is -0.298 e. The number of nitrogens with zero attached hydrogens (tertiary/aromatic N) is 1. The molecule has 0 aliphatic carbocycles. The van der Waals surface area contributed by atoms with Crippen molar-refractivity contribution in [3.05, 3.63) is 35.9 Å². The first-order chi connectivity index (χ1) is 7.43. The van der Waals surface area contributed by atoms with Crippen LogP contribution in [0, 0.1) is 0 Å². The molecule has 4 nitrogen and oxygen atoms in total. The summed E-state index contributed by atoms with van der Waals surface area (Å²) < 4.78 is 24.2. The molecule has 5 heteroatoms. The van der Waals surface area contributed by atoms with Crippen LogP contribution >= 0.6 is 0 Å². The molecule has 1 aliphatic rings. The topological polar surface area (TPSA) is 54.2 Å². The Balaban J connectivity index is 2.34. The van der Waals surface area contributed by atoms with E-state index in [-0.39, 0.29) is 11.8 Å². The smallest absolute Gasteiger partial charge is 0.212 e. The highest BCUT2D eigenvalue weighted by molar-refractivity contribution is 7.88. The van der Waals surface area contributed by atoms with Gasteiger partial charge in [0.25, 0.3) is 0 Å². The lowest BCUT2D eigenvalue weighted by molar-refractivity contribution is -0.117. The summed E-state index contributed by atoms with van der Waals surface area (Å²) in [6, 6.07) is 8.39. The van der Waals surface area contributed by atoms with E-state index in [0.29, 0.717) is 0 Å². The fourth-order valence-electron chi connectivity index (χ4n) is 2.00. The summed E-state index contributed by atoms with van der Waals surface area (Å²) >= 11 is 0. The Kier molecular flexibility index (Phi) is 2.59. The molecule has 3 atom stereocenters. The van der Waals surface area contributed by atoms with Crippen molar-refractivity contribution in [3.63, 3.8) is 0 Å². The van der Waals surface area contributed by atoms with E-state index in [4.69, 9.17) is 0 Å². The van der Waals surface area contributed by atoms with Gasteiger partial charge < -0.3 is 0 Å². The summed E-state index contributed by atoms with van der Waals surface area (Å²) in [6.07, 6.45) is 1.13. The van der Waals surface area contributed by atoms with Crippen LogP contribution in [0.3, 0.4) is 0 Å². The first-order valence-electron chi connectivity index (χ1n) is 4.97. The fraction of sp³-hybridized carbons (Fsp3) is 0.364. The Morgan fingerprint density at radius 1 is 1.25 bits per heavy atom. The lowest BCUT2D eigenvalue weighted by Gasteiger charge is -1.99. The van der Waals surface area contributed by atoms with Crippen molar-refractivity contribution in [1.29, 1.82) is 0 Å². The number of carbonyl (C=O) groups is 1. The van der Waals surface area contributed by atoms with Crippen molar-refractivity contribution >= 4 is 15.8 Å². The van der Waals surface area contributed by atoms with Crippen LogP contribution in [0.1, 0.15) is 18.5 Å². The highest BCUT2D eigenvalue weighted by Gasteiger charge is 2.56. The van der Waals surface area contributed by atoms with Crippen molar-refractivity contribution in [1.82, 2.24) is 4.31 Å². The summed E-state index contributed by atoms with van der Waals surface area (Å²) in [5.74, 6) is -0.112. The average Bonchev–Trinajstić information content (AvgIpc) is 2.93. The third kappa shape index (κ3) is 1.88. The second kappa shape index (κ2) is 3.68. The van der Waals surface area contributed by atoms with Gasteiger partial charge in [0.15, 0.2) is 0 Å². The lowest BCUT2D eigenvalue weighted by atomic mass is 10.1. The van der Waals surface area contributed by atoms with E-state index in [0.717, 1.165) is 11.8 Å². The maximum atomic E-state index is 11.5. The molecular weight excluding hydrogens is 226 g/mol. The molecule has 0 radical (unpaired) electrons. The third-order valence-corrected chi connectivity index (χ3v) is 3.92. The molecule has 1 saturated heterocycles. The zero-order valence-electron chi connectivity index (χ0n) is 9.12. The van der Waals surface area contributed by atoms with Crippen molar-refractivity contribution in [3.8, 4) is 0 Å². The molecule has 1 aromatic rings. The number of sulfonamides is 1. The second-order valence-corrected chi connectivity index (χ2v) is 5.89. The molecule has 0 N–H and O–H groups in total. The van der Waals surface area contributed by atoms with Gasteiger partial charge in [-0.1, -0.05) is 30.3 Å². The molecule has 1 aromatic carbocycles. The van der Waals surface area contributed by atoms with E-state index in [1.165, 1.54) is 11.2 Å². The van der Waals surface area contributed by atoms with Gasteiger partial charge in [-0.15, -0.1) is 0 Å². The number of rotatable bonds is 3. The Hall–Kier alpha value is -1.20. The number of Topliss-reactive ketones (excluding diaryl/α,β-unsaturated/α-hetero) is 1. The van der Waals surface area contributed by atoms with Gasteiger partial charge in [0.2, 0.25) is 10.0 Å². The minimum atomic E-state index is -3.31. The van der Waals surface area contributed by atoms with Crippen LogP contribution in [0.2, 0.25) is 0 Å². The number of hydrogen-bond acceptors (Lipinski definition) is 3. The van der Waals surface area contributed by atoms with Gasteiger partial charge in [0.1, 0.15) is 11.8 Å². The summed E-state index contributed by atoms with van der Waals surface area (Å²) in [5, 5.41) is 0. The van der Waals surface area contributed by atoms with E-state index >= 15 is 0 Å². The normalized spacial score (nSPS) is 28.8. The van der Waals surface area contributed by atoms with E-state index in [1.54, 1.807) is 0 Å². The summed E-state index contributed by atoms with van der Waals surface area (Å²) in [5.41, 5.74) is 0.869. The highest BCUT2D eigenvalue weighted by Crippen LogP contribution is 2.45. The predicted octanol–water partition coefficient (Wildman–Crippen LogP) is 0.961. The molecule has 1 unspecified atom stereocenters. The lowest BCUT2D eigenvalue weighted by Crippen LogP contribution is -2.15. The molecule has 0 spiro atoms. The average molecular weight is 239 g/mol. The largest absolute Gasteiger partial charge is 0.298 e. The molecule has 1 heterocycles. The van der Waals surface area contributed by atoms with Crippen molar-refractivity contribution < 1.29 is 13.2 Å². The molecule has 0 saturated carbocycles. The van der Waals surface area contributed by atoms with E-state index in [1.807, 2.05) is 30.3 Å². The second-order valence-electron chi connectivity index (χ2n) is 4.00. The predicted molar refractivity (Wildman–Crippen MR) is 60.3 cm³/mol. The standard InChI is InChI=1S/C11H13NO3S/c1-8(13)10-11(12(10)16(2,14)15)9-6-4-3-5-7-9/h3-7,10-11H,1-2H3/t10-,11-,12?/m1/s1.